The van der Waals surface area contributed by atoms with E-state index < -0.39 is 12.1 Å². The molecule has 0 saturated carbocycles. The number of allylic oxidation sites excluding steroid dienone is 4. The molecule has 0 aliphatic carbocycles. The number of esters is 1. The molecule has 0 aromatic rings. The molecule has 0 aliphatic rings. The molecule has 71 heavy (non-hydrogen) atoms. The Hall–Kier alpha value is -1.66. The second-order valence-corrected chi connectivity index (χ2v) is 22.1. The Balaban J connectivity index is 3.44. The summed E-state index contributed by atoms with van der Waals surface area (Å²) in [5, 5.41) is 23.4. The molecule has 0 fully saturated rings. The number of hydrogen-bond donors (Lipinski definition) is 3. The maximum absolute atomic E-state index is 12.5. The van der Waals surface area contributed by atoms with E-state index in [9.17, 15) is 19.8 Å². The third kappa shape index (κ3) is 57.5. The average molecular weight is 1000 g/mol. The van der Waals surface area contributed by atoms with Crippen molar-refractivity contribution in [1.29, 1.82) is 0 Å². The maximum atomic E-state index is 12.5. The van der Waals surface area contributed by atoms with Crippen LogP contribution in [0.5, 0.6) is 0 Å². The van der Waals surface area contributed by atoms with Gasteiger partial charge in [0.25, 0.3) is 0 Å². The van der Waals surface area contributed by atoms with Crippen molar-refractivity contribution < 1.29 is 24.5 Å². The lowest BCUT2D eigenvalue weighted by atomic mass is 10.0. The van der Waals surface area contributed by atoms with Gasteiger partial charge in [-0.3, -0.25) is 9.59 Å². The predicted molar refractivity (Wildman–Crippen MR) is 310 cm³/mol. The van der Waals surface area contributed by atoms with E-state index in [0.29, 0.717) is 25.9 Å². The van der Waals surface area contributed by atoms with Gasteiger partial charge in [-0.1, -0.05) is 289 Å². The third-order valence-electron chi connectivity index (χ3n) is 15.0. The molecule has 0 saturated heterocycles. The van der Waals surface area contributed by atoms with Crippen LogP contribution in [0.1, 0.15) is 354 Å². The summed E-state index contributed by atoms with van der Waals surface area (Å²) >= 11 is 0. The summed E-state index contributed by atoms with van der Waals surface area (Å²) in [5.41, 5.74) is 0. The van der Waals surface area contributed by atoms with Gasteiger partial charge < -0.3 is 20.3 Å². The monoisotopic (exact) mass is 1000 g/mol. The minimum Gasteiger partial charge on any atom is -0.466 e. The van der Waals surface area contributed by atoms with Gasteiger partial charge >= 0.3 is 5.97 Å². The topological polar surface area (TPSA) is 95.9 Å². The molecular weight excluding hydrogens is 875 g/mol. The summed E-state index contributed by atoms with van der Waals surface area (Å²) in [6.45, 7) is 4.94. The zero-order valence-electron chi connectivity index (χ0n) is 48.0. The number of ether oxygens (including phenoxy) is 1. The first-order valence-electron chi connectivity index (χ1n) is 32.1. The number of carbonyl (C=O) groups is 2. The molecule has 420 valence electrons. The van der Waals surface area contributed by atoms with Crippen LogP contribution in [0, 0.1) is 0 Å². The number of nitrogens with one attached hydrogen (secondary N) is 1. The zero-order chi connectivity index (χ0) is 51.4. The standard InChI is InChI=1S/C65H125NO5/c1-3-5-7-9-11-13-15-17-18-19-20-21-22-23-25-28-31-34-37-41-45-49-53-57-63(68)62(61-67)66-64(69)58-54-50-46-42-38-35-32-29-26-24-27-30-33-36-40-44-48-52-56-60-71-65(70)59-55-51-47-43-39-16-14-12-10-8-6-4-2/h12,14,24,26,62-63,67-68H,3-11,13,15-23,25,27-61H2,1-2H3,(H,66,69)/b14-12-,26-24-. The van der Waals surface area contributed by atoms with E-state index >= 15 is 0 Å². The summed E-state index contributed by atoms with van der Waals surface area (Å²) < 4.78 is 5.46. The summed E-state index contributed by atoms with van der Waals surface area (Å²) in [7, 11) is 0. The van der Waals surface area contributed by atoms with Gasteiger partial charge in [0.15, 0.2) is 0 Å². The molecule has 0 heterocycles. The fourth-order valence-corrected chi connectivity index (χ4v) is 10.0. The third-order valence-corrected chi connectivity index (χ3v) is 15.0. The maximum Gasteiger partial charge on any atom is 0.305 e. The highest BCUT2D eigenvalue weighted by atomic mass is 16.5. The Labute approximate surface area is 443 Å². The molecule has 1 amide bonds. The number of amides is 1. The Kier molecular flexibility index (Phi) is 59.5. The van der Waals surface area contributed by atoms with Crippen LogP contribution < -0.4 is 5.32 Å². The van der Waals surface area contributed by atoms with Crippen LogP contribution in [-0.4, -0.2) is 47.4 Å². The highest BCUT2D eigenvalue weighted by Crippen LogP contribution is 2.18. The van der Waals surface area contributed by atoms with Crippen LogP contribution in [0.2, 0.25) is 0 Å². The van der Waals surface area contributed by atoms with Crippen molar-refractivity contribution in [1.82, 2.24) is 5.32 Å². The molecule has 0 aromatic carbocycles. The van der Waals surface area contributed by atoms with Crippen LogP contribution in [0.25, 0.3) is 0 Å². The highest BCUT2D eigenvalue weighted by Gasteiger charge is 2.20. The molecule has 3 N–H and O–H groups in total. The molecule has 0 aromatic heterocycles. The van der Waals surface area contributed by atoms with E-state index in [1.54, 1.807) is 0 Å². The molecule has 0 rings (SSSR count). The Morgan fingerprint density at radius 3 is 1.03 bits per heavy atom. The second-order valence-electron chi connectivity index (χ2n) is 22.1. The zero-order valence-corrected chi connectivity index (χ0v) is 48.0. The van der Waals surface area contributed by atoms with Crippen LogP contribution >= 0.6 is 0 Å². The largest absolute Gasteiger partial charge is 0.466 e. The fraction of sp³-hybridized carbons (Fsp3) is 0.908. The average Bonchev–Trinajstić information content (AvgIpc) is 3.37. The van der Waals surface area contributed by atoms with Crippen molar-refractivity contribution in [3.63, 3.8) is 0 Å². The first-order chi connectivity index (χ1) is 35.0. The van der Waals surface area contributed by atoms with Gasteiger partial charge in [0, 0.05) is 12.8 Å². The van der Waals surface area contributed by atoms with Crippen molar-refractivity contribution in [2.75, 3.05) is 13.2 Å². The Bertz CT molecular complexity index is 1110. The van der Waals surface area contributed by atoms with E-state index in [1.807, 2.05) is 0 Å². The first kappa shape index (κ1) is 69.3. The van der Waals surface area contributed by atoms with E-state index in [2.05, 4.69) is 43.5 Å². The van der Waals surface area contributed by atoms with E-state index in [-0.39, 0.29) is 18.5 Å². The van der Waals surface area contributed by atoms with Gasteiger partial charge in [0.2, 0.25) is 5.91 Å². The lowest BCUT2D eigenvalue weighted by Crippen LogP contribution is -2.45. The van der Waals surface area contributed by atoms with Crippen molar-refractivity contribution in [2.24, 2.45) is 0 Å². The van der Waals surface area contributed by atoms with Gasteiger partial charge in [0.05, 0.1) is 25.4 Å². The Morgan fingerprint density at radius 2 is 0.662 bits per heavy atom. The van der Waals surface area contributed by atoms with Crippen LogP contribution in [0.4, 0.5) is 0 Å². The molecule has 6 nitrogen and oxygen atoms in total. The molecule has 2 unspecified atom stereocenters. The number of aliphatic hydroxyl groups is 2. The first-order valence-corrected chi connectivity index (χ1v) is 32.1. The summed E-state index contributed by atoms with van der Waals surface area (Å²) in [5.74, 6) is -0.0466. The summed E-state index contributed by atoms with van der Waals surface area (Å²) in [4.78, 5) is 24.5. The van der Waals surface area contributed by atoms with Gasteiger partial charge in [-0.15, -0.1) is 0 Å². The van der Waals surface area contributed by atoms with Crippen molar-refractivity contribution >= 4 is 11.9 Å². The minimum atomic E-state index is -0.672. The number of unbranched alkanes of at least 4 members (excludes halogenated alkanes) is 45. The predicted octanol–water partition coefficient (Wildman–Crippen LogP) is 20.2. The summed E-state index contributed by atoms with van der Waals surface area (Å²) in [6, 6.07) is -0.550. The van der Waals surface area contributed by atoms with E-state index in [1.165, 1.54) is 276 Å². The van der Waals surface area contributed by atoms with Gasteiger partial charge in [0.1, 0.15) is 0 Å². The van der Waals surface area contributed by atoms with E-state index in [4.69, 9.17) is 4.74 Å². The van der Waals surface area contributed by atoms with Crippen molar-refractivity contribution in [3.05, 3.63) is 24.3 Å². The highest BCUT2D eigenvalue weighted by molar-refractivity contribution is 5.76. The number of carbonyl (C=O) groups excluding carboxylic acids is 2. The lowest BCUT2D eigenvalue weighted by Gasteiger charge is -2.22. The van der Waals surface area contributed by atoms with Crippen molar-refractivity contribution in [2.45, 2.75) is 366 Å². The quantitative estimate of drug-likeness (QED) is 0.0320. The summed E-state index contributed by atoms with van der Waals surface area (Å²) in [6.07, 6.45) is 74.8. The second kappa shape index (κ2) is 60.9. The lowest BCUT2D eigenvalue weighted by molar-refractivity contribution is -0.143. The number of aliphatic hydroxyl groups excluding tert-OH is 2. The van der Waals surface area contributed by atoms with Crippen LogP contribution in [-0.2, 0) is 14.3 Å². The van der Waals surface area contributed by atoms with Crippen LogP contribution in [0.15, 0.2) is 24.3 Å². The molecule has 2 atom stereocenters. The Morgan fingerprint density at radius 1 is 0.380 bits per heavy atom. The van der Waals surface area contributed by atoms with Crippen molar-refractivity contribution in [3.8, 4) is 0 Å². The number of rotatable bonds is 60. The fourth-order valence-electron chi connectivity index (χ4n) is 10.0. The molecule has 6 heteroatoms. The normalized spacial score (nSPS) is 12.7. The molecular formula is C65H125NO5. The minimum absolute atomic E-state index is 0.00548. The van der Waals surface area contributed by atoms with Gasteiger partial charge in [-0.2, -0.15) is 0 Å². The molecule has 0 radical (unpaired) electrons. The number of hydrogen-bond acceptors (Lipinski definition) is 5. The van der Waals surface area contributed by atoms with Gasteiger partial charge in [-0.05, 0) is 77.0 Å². The molecule has 0 aliphatic heterocycles. The smallest absolute Gasteiger partial charge is 0.305 e. The van der Waals surface area contributed by atoms with E-state index in [0.717, 1.165) is 44.9 Å². The van der Waals surface area contributed by atoms with Crippen LogP contribution in [0.3, 0.4) is 0 Å². The SMILES string of the molecule is CCCCC/C=C\CCCCCCCC(=O)OCCCCCCCCCC/C=C\CCCCCCCCCC(=O)NC(CO)C(O)CCCCCCCCCCCCCCCCCCCCCCCCC. The van der Waals surface area contributed by atoms with Gasteiger partial charge in [-0.25, -0.2) is 0 Å². The molecule has 0 bridgehead atoms. The molecule has 0 spiro atoms.